The average molecular weight is 264 g/mol. The minimum Gasteiger partial charge on any atom is -0.383 e. The van der Waals surface area contributed by atoms with E-state index in [2.05, 4.69) is 15.3 Å². The zero-order chi connectivity index (χ0) is 13.9. The van der Waals surface area contributed by atoms with Crippen LogP contribution in [0.5, 0.6) is 0 Å². The number of carbonyl (C=O) groups excluding carboxylic acids is 1. The molecule has 2 aromatic heterocycles. The fourth-order valence-corrected chi connectivity index (χ4v) is 2.02. The molecule has 2 heterocycles. The van der Waals surface area contributed by atoms with E-state index in [1.54, 1.807) is 30.7 Å². The lowest BCUT2D eigenvalue weighted by molar-refractivity contribution is 0.102. The fourth-order valence-electron chi connectivity index (χ4n) is 2.02. The van der Waals surface area contributed by atoms with Gasteiger partial charge in [0.2, 0.25) is 0 Å². The molecule has 3 N–H and O–H groups in total. The smallest absolute Gasteiger partial charge is 0.259 e. The summed E-state index contributed by atoms with van der Waals surface area (Å²) < 4.78 is 0. The first-order valence-corrected chi connectivity index (χ1v) is 6.10. The second-order valence-electron chi connectivity index (χ2n) is 4.29. The largest absolute Gasteiger partial charge is 0.383 e. The number of nitrogens with one attached hydrogen (secondary N) is 1. The molecule has 0 bridgehead atoms. The standard InChI is InChI=1S/C15H12N4O/c16-14-11(4-2-7-18-14)15(20)19-13-5-1-3-10-6-8-17-9-12(10)13/h1-9H,(H2,16,18)(H,19,20). The number of anilines is 2. The molecule has 5 heteroatoms. The highest BCUT2D eigenvalue weighted by atomic mass is 16.1. The lowest BCUT2D eigenvalue weighted by Gasteiger charge is -2.09. The summed E-state index contributed by atoms with van der Waals surface area (Å²) in [4.78, 5) is 20.2. The molecule has 98 valence electrons. The predicted octanol–water partition coefficient (Wildman–Crippen LogP) is 2.46. The summed E-state index contributed by atoms with van der Waals surface area (Å²) in [7, 11) is 0. The summed E-state index contributed by atoms with van der Waals surface area (Å²) in [6.07, 6.45) is 4.98. The Bertz CT molecular complexity index is 780. The number of benzene rings is 1. The summed E-state index contributed by atoms with van der Waals surface area (Å²) in [5.41, 5.74) is 6.76. The number of carbonyl (C=O) groups is 1. The second kappa shape index (κ2) is 4.97. The minimum atomic E-state index is -0.285. The summed E-state index contributed by atoms with van der Waals surface area (Å²) in [5.74, 6) is -0.0738. The van der Waals surface area contributed by atoms with Gasteiger partial charge in [-0.1, -0.05) is 12.1 Å². The summed E-state index contributed by atoms with van der Waals surface area (Å²) in [6.45, 7) is 0. The molecule has 5 nitrogen and oxygen atoms in total. The monoisotopic (exact) mass is 264 g/mol. The van der Waals surface area contributed by atoms with Gasteiger partial charge in [0.05, 0.1) is 11.3 Å². The van der Waals surface area contributed by atoms with Crippen molar-refractivity contribution in [3.63, 3.8) is 0 Å². The molecular formula is C15H12N4O. The third kappa shape index (κ3) is 2.16. The number of hydrogen-bond acceptors (Lipinski definition) is 4. The Balaban J connectivity index is 1.98. The first-order valence-electron chi connectivity index (χ1n) is 6.10. The third-order valence-corrected chi connectivity index (χ3v) is 3.02. The zero-order valence-electron chi connectivity index (χ0n) is 10.6. The number of rotatable bonds is 2. The number of aromatic nitrogens is 2. The van der Waals surface area contributed by atoms with Gasteiger partial charge in [-0.05, 0) is 29.7 Å². The predicted molar refractivity (Wildman–Crippen MR) is 78.3 cm³/mol. The maximum Gasteiger partial charge on any atom is 0.259 e. The molecule has 0 unspecified atom stereocenters. The van der Waals surface area contributed by atoms with Crippen molar-refractivity contribution in [3.8, 4) is 0 Å². The van der Waals surface area contributed by atoms with Crippen LogP contribution < -0.4 is 11.1 Å². The van der Waals surface area contributed by atoms with Gasteiger partial charge in [-0.3, -0.25) is 9.78 Å². The molecule has 0 saturated carbocycles. The van der Waals surface area contributed by atoms with Crippen molar-refractivity contribution in [2.24, 2.45) is 0 Å². The van der Waals surface area contributed by atoms with Gasteiger partial charge in [0.1, 0.15) is 5.82 Å². The fraction of sp³-hybridized carbons (Fsp3) is 0. The number of pyridine rings is 2. The Morgan fingerprint density at radius 2 is 2.00 bits per heavy atom. The van der Waals surface area contributed by atoms with Crippen molar-refractivity contribution < 1.29 is 4.79 Å². The van der Waals surface area contributed by atoms with Crippen molar-refractivity contribution in [1.29, 1.82) is 0 Å². The average Bonchev–Trinajstić information content (AvgIpc) is 2.48. The maximum atomic E-state index is 12.2. The Kier molecular flexibility index (Phi) is 3.01. The number of hydrogen-bond donors (Lipinski definition) is 2. The van der Waals surface area contributed by atoms with Crippen LogP contribution in [0.1, 0.15) is 10.4 Å². The molecule has 3 aromatic rings. The lowest BCUT2D eigenvalue weighted by atomic mass is 10.1. The van der Waals surface area contributed by atoms with Crippen LogP contribution in [0.3, 0.4) is 0 Å². The van der Waals surface area contributed by atoms with Crippen molar-refractivity contribution in [2.45, 2.75) is 0 Å². The normalized spacial score (nSPS) is 10.4. The Labute approximate surface area is 115 Å². The number of nitrogen functional groups attached to an aromatic ring is 1. The van der Waals surface area contributed by atoms with E-state index in [1.165, 1.54) is 0 Å². The van der Waals surface area contributed by atoms with E-state index in [-0.39, 0.29) is 11.7 Å². The number of nitrogens with two attached hydrogens (primary N) is 1. The maximum absolute atomic E-state index is 12.2. The number of fused-ring (bicyclic) bond motifs is 1. The molecule has 0 fully saturated rings. The molecule has 0 saturated heterocycles. The van der Waals surface area contributed by atoms with E-state index >= 15 is 0 Å². The van der Waals surface area contributed by atoms with Gasteiger partial charge in [0, 0.05) is 24.0 Å². The van der Waals surface area contributed by atoms with Crippen LogP contribution in [0.15, 0.2) is 55.0 Å². The Morgan fingerprint density at radius 3 is 2.85 bits per heavy atom. The molecule has 0 spiro atoms. The first-order chi connectivity index (χ1) is 9.75. The van der Waals surface area contributed by atoms with E-state index in [0.29, 0.717) is 11.3 Å². The molecule has 0 radical (unpaired) electrons. The van der Waals surface area contributed by atoms with Crippen LogP contribution in [0.4, 0.5) is 11.5 Å². The number of amides is 1. The van der Waals surface area contributed by atoms with Crippen LogP contribution in [-0.4, -0.2) is 15.9 Å². The molecule has 1 amide bonds. The van der Waals surface area contributed by atoms with E-state index in [1.807, 2.05) is 24.3 Å². The van der Waals surface area contributed by atoms with Gasteiger partial charge in [0.15, 0.2) is 0 Å². The van der Waals surface area contributed by atoms with Crippen molar-refractivity contribution >= 4 is 28.2 Å². The third-order valence-electron chi connectivity index (χ3n) is 3.02. The van der Waals surface area contributed by atoms with E-state index < -0.39 is 0 Å². The van der Waals surface area contributed by atoms with Crippen molar-refractivity contribution in [2.75, 3.05) is 11.1 Å². The molecule has 0 aliphatic carbocycles. The van der Waals surface area contributed by atoms with Gasteiger partial charge in [-0.15, -0.1) is 0 Å². The van der Waals surface area contributed by atoms with Crippen LogP contribution in [0, 0.1) is 0 Å². The quantitative estimate of drug-likeness (QED) is 0.745. The molecular weight excluding hydrogens is 252 g/mol. The van der Waals surface area contributed by atoms with Gasteiger partial charge in [0.25, 0.3) is 5.91 Å². The van der Waals surface area contributed by atoms with Crippen LogP contribution in [-0.2, 0) is 0 Å². The Hall–Kier alpha value is -2.95. The van der Waals surface area contributed by atoms with E-state index in [0.717, 1.165) is 10.8 Å². The highest BCUT2D eigenvalue weighted by Gasteiger charge is 2.11. The Morgan fingerprint density at radius 1 is 1.10 bits per heavy atom. The summed E-state index contributed by atoms with van der Waals surface area (Å²) in [5, 5.41) is 4.73. The first kappa shape index (κ1) is 12.1. The zero-order valence-corrected chi connectivity index (χ0v) is 10.6. The van der Waals surface area contributed by atoms with Crippen LogP contribution in [0.25, 0.3) is 10.8 Å². The highest BCUT2D eigenvalue weighted by molar-refractivity contribution is 6.10. The molecule has 3 rings (SSSR count). The van der Waals surface area contributed by atoms with Crippen LogP contribution >= 0.6 is 0 Å². The van der Waals surface area contributed by atoms with Gasteiger partial charge in [-0.2, -0.15) is 0 Å². The van der Waals surface area contributed by atoms with E-state index in [4.69, 9.17) is 5.73 Å². The molecule has 0 aliphatic heterocycles. The molecule has 20 heavy (non-hydrogen) atoms. The number of nitrogens with zero attached hydrogens (tertiary/aromatic N) is 2. The highest BCUT2D eigenvalue weighted by Crippen LogP contribution is 2.23. The van der Waals surface area contributed by atoms with Gasteiger partial charge in [-0.25, -0.2) is 4.98 Å². The molecule has 0 aliphatic rings. The van der Waals surface area contributed by atoms with Crippen molar-refractivity contribution in [3.05, 3.63) is 60.6 Å². The SMILES string of the molecule is Nc1ncccc1C(=O)Nc1cccc2ccncc12. The van der Waals surface area contributed by atoms with Crippen molar-refractivity contribution in [1.82, 2.24) is 9.97 Å². The topological polar surface area (TPSA) is 80.9 Å². The molecule has 0 atom stereocenters. The minimum absolute atomic E-state index is 0.211. The summed E-state index contributed by atoms with van der Waals surface area (Å²) in [6, 6.07) is 10.9. The molecule has 1 aromatic carbocycles. The van der Waals surface area contributed by atoms with E-state index in [9.17, 15) is 4.79 Å². The lowest BCUT2D eigenvalue weighted by Crippen LogP contribution is -2.14. The van der Waals surface area contributed by atoms with Gasteiger partial charge >= 0.3 is 0 Å². The second-order valence-corrected chi connectivity index (χ2v) is 4.29. The van der Waals surface area contributed by atoms with Crippen LogP contribution in [0.2, 0.25) is 0 Å². The summed E-state index contributed by atoms with van der Waals surface area (Å²) >= 11 is 0. The van der Waals surface area contributed by atoms with Gasteiger partial charge < -0.3 is 11.1 Å².